The summed E-state index contributed by atoms with van der Waals surface area (Å²) in [7, 11) is 0. The molecule has 3 rings (SSSR count). The summed E-state index contributed by atoms with van der Waals surface area (Å²) in [5.74, 6) is 0.534. The fourth-order valence-corrected chi connectivity index (χ4v) is 2.47. The number of hydrogen-bond donors (Lipinski definition) is 3. The van der Waals surface area contributed by atoms with Gasteiger partial charge >= 0.3 is 0 Å². The van der Waals surface area contributed by atoms with Gasteiger partial charge in [-0.05, 0) is 54.9 Å². The Balaban J connectivity index is 0.000000569. The normalized spacial score (nSPS) is 11.0. The van der Waals surface area contributed by atoms with Gasteiger partial charge in [0.05, 0.1) is 5.02 Å². The minimum absolute atomic E-state index is 0.0262. The van der Waals surface area contributed by atoms with Crippen LogP contribution in [0.4, 0.5) is 33.1 Å². The zero-order chi connectivity index (χ0) is 24.4. The van der Waals surface area contributed by atoms with Crippen molar-refractivity contribution >= 4 is 74.7 Å². The standard InChI is InChI=1S/C19H17ClFN5O.C3H4Cl2O/c1-2-19(27)26-13-5-3-4-12(8-13)24-17-10-18(23-11-22-17)25-14-6-7-16(21)15(20)9-14;1-2(4)3(5)6/h3-11H,2H2,1H3,(H,26,27)(H2,22,23,24,25);2H,1H3. The minimum atomic E-state index is -0.549. The molecule has 0 fully saturated rings. The maximum absolute atomic E-state index is 13.3. The van der Waals surface area contributed by atoms with Gasteiger partial charge in [0.15, 0.2) is 0 Å². The fraction of sp³-hybridized carbons (Fsp3) is 0.182. The molecule has 1 heterocycles. The Labute approximate surface area is 205 Å². The number of benzene rings is 2. The van der Waals surface area contributed by atoms with E-state index in [1.807, 2.05) is 24.3 Å². The number of halogens is 4. The SMILES string of the molecule is CC(Cl)C(=O)Cl.CCC(=O)Nc1cccc(Nc2cc(Nc3ccc(F)c(Cl)c3)ncn2)c1. The lowest BCUT2D eigenvalue weighted by atomic mass is 10.2. The van der Waals surface area contributed by atoms with Crippen molar-refractivity contribution in [3.8, 4) is 0 Å². The first-order chi connectivity index (χ1) is 15.7. The molecule has 0 aliphatic carbocycles. The maximum atomic E-state index is 13.3. The summed E-state index contributed by atoms with van der Waals surface area (Å²) in [4.78, 5) is 29.6. The van der Waals surface area contributed by atoms with Gasteiger partial charge in [-0.15, -0.1) is 11.6 Å². The van der Waals surface area contributed by atoms with E-state index in [4.69, 9.17) is 34.8 Å². The van der Waals surface area contributed by atoms with Gasteiger partial charge in [0.1, 0.15) is 29.2 Å². The molecule has 0 bridgehead atoms. The van der Waals surface area contributed by atoms with Gasteiger partial charge in [-0.3, -0.25) is 9.59 Å². The summed E-state index contributed by atoms with van der Waals surface area (Å²) in [5, 5.41) is 7.98. The average molecular weight is 513 g/mol. The number of carbonyl (C=O) groups excluding carboxylic acids is 2. The van der Waals surface area contributed by atoms with Crippen LogP contribution in [0.1, 0.15) is 20.3 Å². The molecule has 1 atom stereocenters. The van der Waals surface area contributed by atoms with E-state index in [0.29, 0.717) is 29.4 Å². The Kier molecular flexibility index (Phi) is 10.3. The molecular formula is C22H21Cl3FN5O2. The second-order valence-electron chi connectivity index (χ2n) is 6.57. The van der Waals surface area contributed by atoms with Gasteiger partial charge in [-0.25, -0.2) is 14.4 Å². The van der Waals surface area contributed by atoms with Gasteiger partial charge in [0.2, 0.25) is 11.1 Å². The van der Waals surface area contributed by atoms with E-state index >= 15 is 0 Å². The van der Waals surface area contributed by atoms with E-state index in [0.717, 1.165) is 5.69 Å². The number of hydrogen-bond acceptors (Lipinski definition) is 6. The summed E-state index contributed by atoms with van der Waals surface area (Å²) in [6.45, 7) is 3.32. The Hall–Kier alpha value is -2.94. The van der Waals surface area contributed by atoms with Crippen molar-refractivity contribution in [2.45, 2.75) is 25.6 Å². The zero-order valence-electron chi connectivity index (χ0n) is 17.7. The molecule has 1 amide bonds. The van der Waals surface area contributed by atoms with Crippen LogP contribution in [0.2, 0.25) is 5.02 Å². The van der Waals surface area contributed by atoms with Crippen LogP contribution in [-0.2, 0) is 9.59 Å². The molecule has 7 nitrogen and oxygen atoms in total. The first kappa shape index (κ1) is 26.3. The van der Waals surface area contributed by atoms with Gasteiger partial charge in [-0.2, -0.15) is 0 Å². The van der Waals surface area contributed by atoms with Crippen LogP contribution in [-0.4, -0.2) is 26.5 Å². The predicted molar refractivity (Wildman–Crippen MR) is 132 cm³/mol. The van der Waals surface area contributed by atoms with Crippen molar-refractivity contribution in [2.75, 3.05) is 16.0 Å². The number of carbonyl (C=O) groups is 2. The monoisotopic (exact) mass is 511 g/mol. The molecule has 3 N–H and O–H groups in total. The first-order valence-corrected chi connectivity index (χ1v) is 10.9. The zero-order valence-corrected chi connectivity index (χ0v) is 20.0. The highest BCUT2D eigenvalue weighted by atomic mass is 35.5. The highest BCUT2D eigenvalue weighted by molar-refractivity contribution is 6.69. The van der Waals surface area contributed by atoms with Crippen molar-refractivity contribution in [2.24, 2.45) is 0 Å². The lowest BCUT2D eigenvalue weighted by Gasteiger charge is -2.10. The van der Waals surface area contributed by atoms with Gasteiger partial charge in [0, 0.05) is 29.5 Å². The Morgan fingerprint density at radius 1 is 1.00 bits per heavy atom. The molecule has 0 saturated heterocycles. The smallest absolute Gasteiger partial charge is 0.239 e. The molecule has 11 heteroatoms. The van der Waals surface area contributed by atoms with Gasteiger partial charge < -0.3 is 16.0 Å². The second-order valence-corrected chi connectivity index (χ2v) is 8.00. The Morgan fingerprint density at radius 2 is 1.58 bits per heavy atom. The predicted octanol–water partition coefficient (Wildman–Crippen LogP) is 6.48. The molecule has 3 aromatic rings. The molecule has 0 spiro atoms. The van der Waals surface area contributed by atoms with Crippen molar-refractivity contribution in [1.82, 2.24) is 9.97 Å². The maximum Gasteiger partial charge on any atom is 0.239 e. The van der Waals surface area contributed by atoms with Crippen LogP contribution in [0.5, 0.6) is 0 Å². The Bertz CT molecular complexity index is 1110. The second kappa shape index (κ2) is 12.9. The molecule has 0 aliphatic rings. The lowest BCUT2D eigenvalue weighted by Crippen LogP contribution is -2.09. The molecule has 0 aliphatic heterocycles. The third kappa shape index (κ3) is 9.21. The van der Waals surface area contributed by atoms with Crippen LogP contribution in [0.15, 0.2) is 54.9 Å². The third-order valence-corrected chi connectivity index (χ3v) is 4.84. The Morgan fingerprint density at radius 3 is 2.12 bits per heavy atom. The fourth-order valence-electron chi connectivity index (χ4n) is 2.29. The van der Waals surface area contributed by atoms with Crippen LogP contribution >= 0.6 is 34.8 Å². The van der Waals surface area contributed by atoms with E-state index in [2.05, 4.69) is 25.9 Å². The van der Waals surface area contributed by atoms with Crippen LogP contribution in [0.3, 0.4) is 0 Å². The number of amides is 1. The number of anilines is 5. The van der Waals surface area contributed by atoms with Gasteiger partial charge in [-0.1, -0.05) is 24.6 Å². The number of alkyl halides is 1. The quantitative estimate of drug-likeness (QED) is 0.247. The van der Waals surface area contributed by atoms with E-state index in [-0.39, 0.29) is 10.9 Å². The molecule has 0 saturated carbocycles. The minimum Gasteiger partial charge on any atom is -0.340 e. The summed E-state index contributed by atoms with van der Waals surface area (Å²) >= 11 is 15.8. The molecular weight excluding hydrogens is 492 g/mol. The summed E-state index contributed by atoms with van der Waals surface area (Å²) in [6, 6.07) is 13.3. The highest BCUT2D eigenvalue weighted by Crippen LogP contribution is 2.24. The molecule has 1 unspecified atom stereocenters. The van der Waals surface area contributed by atoms with Crippen molar-refractivity contribution < 1.29 is 14.0 Å². The lowest BCUT2D eigenvalue weighted by molar-refractivity contribution is -0.116. The number of nitrogens with zero attached hydrogens (tertiary/aromatic N) is 2. The van der Waals surface area contributed by atoms with Crippen molar-refractivity contribution in [3.05, 3.63) is 65.7 Å². The van der Waals surface area contributed by atoms with Crippen LogP contribution in [0, 0.1) is 5.82 Å². The number of rotatable bonds is 7. The topological polar surface area (TPSA) is 96.0 Å². The van der Waals surface area contributed by atoms with Crippen molar-refractivity contribution in [1.29, 1.82) is 0 Å². The largest absolute Gasteiger partial charge is 0.340 e. The highest BCUT2D eigenvalue weighted by Gasteiger charge is 2.05. The summed E-state index contributed by atoms with van der Waals surface area (Å²) in [6.07, 6.45) is 1.81. The molecule has 1 aromatic heterocycles. The molecule has 0 radical (unpaired) electrons. The average Bonchev–Trinajstić information content (AvgIpc) is 2.77. The van der Waals surface area contributed by atoms with E-state index < -0.39 is 16.4 Å². The molecule has 2 aromatic carbocycles. The van der Waals surface area contributed by atoms with E-state index in [9.17, 15) is 14.0 Å². The van der Waals surface area contributed by atoms with E-state index in [1.54, 1.807) is 19.1 Å². The number of aromatic nitrogens is 2. The van der Waals surface area contributed by atoms with E-state index in [1.165, 1.54) is 25.4 Å². The third-order valence-electron chi connectivity index (χ3n) is 3.91. The number of nitrogens with one attached hydrogen (secondary N) is 3. The summed E-state index contributed by atoms with van der Waals surface area (Å²) in [5.41, 5.74) is 2.06. The molecule has 174 valence electrons. The van der Waals surface area contributed by atoms with Crippen LogP contribution < -0.4 is 16.0 Å². The van der Waals surface area contributed by atoms with Gasteiger partial charge in [0.25, 0.3) is 0 Å². The summed E-state index contributed by atoms with van der Waals surface area (Å²) < 4.78 is 13.3. The van der Waals surface area contributed by atoms with Crippen LogP contribution in [0.25, 0.3) is 0 Å². The van der Waals surface area contributed by atoms with Crippen molar-refractivity contribution in [3.63, 3.8) is 0 Å². The molecule has 33 heavy (non-hydrogen) atoms. The first-order valence-electron chi connectivity index (χ1n) is 9.72.